The van der Waals surface area contributed by atoms with Crippen molar-refractivity contribution in [3.05, 3.63) is 65.5 Å². The van der Waals surface area contributed by atoms with Crippen LogP contribution < -0.4 is 4.74 Å². The van der Waals surface area contributed by atoms with Gasteiger partial charge in [-0.15, -0.1) is 0 Å². The highest BCUT2D eigenvalue weighted by Crippen LogP contribution is 2.41. The number of methoxy groups -OCH3 is 1. The van der Waals surface area contributed by atoms with Crippen LogP contribution in [0.25, 0.3) is 0 Å². The molecular weight excluding hydrogens is 371 g/mol. The normalized spacial score (nSPS) is 21.7. The molecule has 152 valence electrons. The number of amides is 2. The molecule has 0 saturated carbocycles. The molecule has 1 spiro atoms. The van der Waals surface area contributed by atoms with Crippen molar-refractivity contribution in [2.45, 2.75) is 25.8 Å². The predicted molar refractivity (Wildman–Crippen MR) is 107 cm³/mol. The zero-order valence-corrected chi connectivity index (χ0v) is 16.6. The highest BCUT2D eigenvalue weighted by Gasteiger charge is 2.49. The van der Waals surface area contributed by atoms with E-state index in [-0.39, 0.29) is 24.2 Å². The molecule has 2 aliphatic heterocycles. The Morgan fingerprint density at radius 3 is 2.69 bits per heavy atom. The summed E-state index contributed by atoms with van der Waals surface area (Å²) in [5.74, 6) is 0.215. The Hall–Kier alpha value is -2.89. The number of nitrogens with zero attached hydrogens (tertiary/aromatic N) is 2. The zero-order chi connectivity index (χ0) is 20.4. The standard InChI is InChI=1S/C23H25FN2O3/c1-29-19-8-9-20(24)18(14-19)15-25-12-5-10-23(22(25)28)11-13-26(16-23)21(27)17-6-3-2-4-7-17/h2-4,6-9,14H,5,10-13,15-16H2,1H3. The van der Waals surface area contributed by atoms with Crippen LogP contribution in [0.3, 0.4) is 0 Å². The van der Waals surface area contributed by atoms with Crippen LogP contribution >= 0.6 is 0 Å². The van der Waals surface area contributed by atoms with Gasteiger partial charge in [0.2, 0.25) is 5.91 Å². The number of ether oxygens (including phenoxy) is 1. The first kappa shape index (κ1) is 19.4. The van der Waals surface area contributed by atoms with E-state index in [9.17, 15) is 14.0 Å². The van der Waals surface area contributed by atoms with Crippen LogP contribution in [0.5, 0.6) is 5.75 Å². The topological polar surface area (TPSA) is 49.9 Å². The molecule has 2 saturated heterocycles. The largest absolute Gasteiger partial charge is 0.497 e. The maximum absolute atomic E-state index is 14.3. The first-order valence-corrected chi connectivity index (χ1v) is 9.98. The number of rotatable bonds is 4. The van der Waals surface area contributed by atoms with E-state index in [2.05, 4.69) is 0 Å². The second-order valence-corrected chi connectivity index (χ2v) is 7.91. The van der Waals surface area contributed by atoms with Crippen molar-refractivity contribution < 1.29 is 18.7 Å². The van der Waals surface area contributed by atoms with Gasteiger partial charge in [0.15, 0.2) is 0 Å². The van der Waals surface area contributed by atoms with Crippen molar-refractivity contribution >= 4 is 11.8 Å². The third kappa shape index (κ3) is 3.71. The Bertz CT molecular complexity index is 918. The van der Waals surface area contributed by atoms with E-state index in [1.165, 1.54) is 13.2 Å². The van der Waals surface area contributed by atoms with E-state index < -0.39 is 5.41 Å². The highest BCUT2D eigenvalue weighted by molar-refractivity contribution is 5.95. The van der Waals surface area contributed by atoms with Gasteiger partial charge in [-0.05, 0) is 49.6 Å². The maximum Gasteiger partial charge on any atom is 0.253 e. The van der Waals surface area contributed by atoms with Crippen molar-refractivity contribution in [2.24, 2.45) is 5.41 Å². The molecule has 2 fully saturated rings. The van der Waals surface area contributed by atoms with Gasteiger partial charge in [0.1, 0.15) is 11.6 Å². The fraction of sp³-hybridized carbons (Fsp3) is 0.391. The van der Waals surface area contributed by atoms with E-state index in [1.54, 1.807) is 34.1 Å². The Balaban J connectivity index is 1.50. The second kappa shape index (κ2) is 7.85. The Kier molecular flexibility index (Phi) is 5.26. The van der Waals surface area contributed by atoms with Gasteiger partial charge in [0.05, 0.1) is 12.5 Å². The summed E-state index contributed by atoms with van der Waals surface area (Å²) >= 11 is 0. The van der Waals surface area contributed by atoms with Crippen LogP contribution in [0.4, 0.5) is 4.39 Å². The third-order valence-corrected chi connectivity index (χ3v) is 6.10. The lowest BCUT2D eigenvalue weighted by Gasteiger charge is -2.39. The Labute approximate surface area is 170 Å². The first-order chi connectivity index (χ1) is 14.0. The van der Waals surface area contributed by atoms with Crippen molar-refractivity contribution in [2.75, 3.05) is 26.7 Å². The van der Waals surface area contributed by atoms with Crippen LogP contribution in [-0.2, 0) is 11.3 Å². The number of carbonyl (C=O) groups excluding carboxylic acids is 2. The molecular formula is C23H25FN2O3. The predicted octanol–water partition coefficient (Wildman–Crippen LogP) is 3.49. The Morgan fingerprint density at radius 1 is 1.14 bits per heavy atom. The third-order valence-electron chi connectivity index (χ3n) is 6.10. The van der Waals surface area contributed by atoms with Gasteiger partial charge in [-0.3, -0.25) is 9.59 Å². The van der Waals surface area contributed by atoms with Crippen molar-refractivity contribution in [3.63, 3.8) is 0 Å². The van der Waals surface area contributed by atoms with Crippen LogP contribution in [0.1, 0.15) is 35.2 Å². The van der Waals surface area contributed by atoms with Gasteiger partial charge >= 0.3 is 0 Å². The summed E-state index contributed by atoms with van der Waals surface area (Å²) in [6.45, 7) is 1.82. The first-order valence-electron chi connectivity index (χ1n) is 9.98. The lowest BCUT2D eigenvalue weighted by molar-refractivity contribution is -0.146. The van der Waals surface area contributed by atoms with E-state index in [0.29, 0.717) is 42.9 Å². The molecule has 2 aromatic carbocycles. The fourth-order valence-electron chi connectivity index (χ4n) is 4.50. The minimum absolute atomic E-state index is 0.0225. The summed E-state index contributed by atoms with van der Waals surface area (Å²) in [7, 11) is 1.54. The number of carbonyl (C=O) groups is 2. The van der Waals surface area contributed by atoms with Gasteiger partial charge in [0.25, 0.3) is 5.91 Å². The SMILES string of the molecule is COc1ccc(F)c(CN2CCCC3(CCN(C(=O)c4ccccc4)C3)C2=O)c1. The van der Waals surface area contributed by atoms with Crippen LogP contribution in [-0.4, -0.2) is 48.4 Å². The molecule has 2 amide bonds. The monoisotopic (exact) mass is 396 g/mol. The van der Waals surface area contributed by atoms with Gasteiger partial charge in [-0.2, -0.15) is 0 Å². The summed E-state index contributed by atoms with van der Waals surface area (Å²) in [5, 5.41) is 0. The average Bonchev–Trinajstić information content (AvgIpc) is 3.18. The second-order valence-electron chi connectivity index (χ2n) is 7.91. The molecule has 1 atom stereocenters. The fourth-order valence-corrected chi connectivity index (χ4v) is 4.50. The summed E-state index contributed by atoms with van der Waals surface area (Å²) in [6.07, 6.45) is 2.27. The van der Waals surface area contributed by atoms with Crippen molar-refractivity contribution in [1.82, 2.24) is 9.80 Å². The van der Waals surface area contributed by atoms with Gasteiger partial charge in [-0.1, -0.05) is 18.2 Å². The molecule has 5 nitrogen and oxygen atoms in total. The van der Waals surface area contributed by atoms with Gasteiger partial charge < -0.3 is 14.5 Å². The smallest absolute Gasteiger partial charge is 0.253 e. The molecule has 0 N–H and O–H groups in total. The van der Waals surface area contributed by atoms with Crippen LogP contribution in [0.2, 0.25) is 0 Å². The molecule has 6 heteroatoms. The number of hydrogen-bond donors (Lipinski definition) is 0. The number of piperidine rings is 1. The molecule has 2 heterocycles. The molecule has 1 unspecified atom stereocenters. The molecule has 0 bridgehead atoms. The van der Waals surface area contributed by atoms with Gasteiger partial charge in [-0.25, -0.2) is 4.39 Å². The average molecular weight is 396 g/mol. The van der Waals surface area contributed by atoms with Crippen LogP contribution in [0, 0.1) is 11.2 Å². The summed E-state index contributed by atoms with van der Waals surface area (Å²) in [5.41, 5.74) is 0.533. The van der Waals surface area contributed by atoms with Gasteiger partial charge in [0, 0.05) is 37.3 Å². The van der Waals surface area contributed by atoms with Crippen LogP contribution in [0.15, 0.2) is 48.5 Å². The number of halogens is 1. The van der Waals surface area contributed by atoms with E-state index in [1.807, 2.05) is 18.2 Å². The number of benzene rings is 2. The summed E-state index contributed by atoms with van der Waals surface area (Å²) in [6, 6.07) is 13.7. The molecule has 0 aromatic heterocycles. The van der Waals surface area contributed by atoms with Crippen molar-refractivity contribution in [1.29, 1.82) is 0 Å². The number of hydrogen-bond acceptors (Lipinski definition) is 3. The molecule has 0 aliphatic carbocycles. The maximum atomic E-state index is 14.3. The molecule has 0 radical (unpaired) electrons. The van der Waals surface area contributed by atoms with E-state index in [4.69, 9.17) is 4.74 Å². The molecule has 2 aromatic rings. The number of likely N-dealkylation sites (tertiary alicyclic amines) is 2. The minimum atomic E-state index is -0.558. The molecule has 4 rings (SSSR count). The Morgan fingerprint density at radius 2 is 1.93 bits per heavy atom. The quantitative estimate of drug-likeness (QED) is 0.795. The molecule has 29 heavy (non-hydrogen) atoms. The van der Waals surface area contributed by atoms with Crippen molar-refractivity contribution in [3.8, 4) is 5.75 Å². The van der Waals surface area contributed by atoms with E-state index >= 15 is 0 Å². The highest BCUT2D eigenvalue weighted by atomic mass is 19.1. The molecule has 2 aliphatic rings. The zero-order valence-electron chi connectivity index (χ0n) is 16.6. The minimum Gasteiger partial charge on any atom is -0.497 e. The lowest BCUT2D eigenvalue weighted by Crippen LogP contribution is -2.50. The van der Waals surface area contributed by atoms with E-state index in [0.717, 1.165) is 12.8 Å². The summed E-state index contributed by atoms with van der Waals surface area (Å²) < 4.78 is 19.5. The summed E-state index contributed by atoms with van der Waals surface area (Å²) in [4.78, 5) is 29.7. The lowest BCUT2D eigenvalue weighted by atomic mass is 9.78.